The average Bonchev–Trinajstić information content (AvgIpc) is 4.06. The molecule has 0 saturated heterocycles. The highest BCUT2D eigenvalue weighted by molar-refractivity contribution is 6.14. The fraction of sp³-hybridized carbons (Fsp3) is 0.0625. The first kappa shape index (κ1) is 38.3. The van der Waals surface area contributed by atoms with E-state index in [1.807, 2.05) is 6.08 Å². The molecular formula is C64H45NO. The summed E-state index contributed by atoms with van der Waals surface area (Å²) in [5, 5.41) is 2.17. The molecule has 0 saturated carbocycles. The first-order valence-corrected chi connectivity index (χ1v) is 22.9. The molecule has 0 N–H and O–H groups in total. The standard InChI is InChI=1S/C64H45NO/c1-5-44-45-21-11-15-26-54(45)64(52(44)6-2)55-27-16-12-23-47(55)51-38-42(31-35-56(51)64)50-37-41(40-19-8-7-9-20-40)32-36-58(50)65(59-28-18-30-61-62(59)49-24-13-17-29-60(49)66-61)43-33-34-48-46-22-10-14-25-53(46)63(3,4)57(48)39-43/h5-39H,1-2H2,3-4H3. The van der Waals surface area contributed by atoms with Gasteiger partial charge in [0.15, 0.2) is 0 Å². The normalized spacial score (nSPS) is 16.0. The van der Waals surface area contributed by atoms with Crippen LogP contribution in [-0.2, 0) is 10.8 Å². The molecule has 0 bridgehead atoms. The monoisotopic (exact) mass is 843 g/mol. The van der Waals surface area contributed by atoms with Gasteiger partial charge in [-0.05, 0) is 132 Å². The van der Waals surface area contributed by atoms with E-state index in [4.69, 9.17) is 4.42 Å². The van der Waals surface area contributed by atoms with Gasteiger partial charge < -0.3 is 9.32 Å². The molecule has 0 amide bonds. The maximum atomic E-state index is 6.60. The fourth-order valence-electron chi connectivity index (χ4n) is 12.0. The minimum absolute atomic E-state index is 0.186. The Morgan fingerprint density at radius 3 is 1.83 bits per heavy atom. The summed E-state index contributed by atoms with van der Waals surface area (Å²) in [4.78, 5) is 2.48. The van der Waals surface area contributed by atoms with Crippen molar-refractivity contribution in [2.24, 2.45) is 0 Å². The quantitative estimate of drug-likeness (QED) is 0.159. The van der Waals surface area contributed by atoms with Crippen LogP contribution in [0, 0.1) is 0 Å². The Morgan fingerprint density at radius 2 is 1.05 bits per heavy atom. The average molecular weight is 844 g/mol. The molecule has 13 rings (SSSR count). The van der Waals surface area contributed by atoms with Crippen molar-refractivity contribution in [3.8, 4) is 44.5 Å². The van der Waals surface area contributed by atoms with Gasteiger partial charge in [-0.15, -0.1) is 0 Å². The topological polar surface area (TPSA) is 16.4 Å². The lowest BCUT2D eigenvalue weighted by Crippen LogP contribution is -2.26. The van der Waals surface area contributed by atoms with Crippen LogP contribution in [0.15, 0.2) is 235 Å². The summed E-state index contributed by atoms with van der Waals surface area (Å²) < 4.78 is 6.60. The minimum atomic E-state index is -0.514. The van der Waals surface area contributed by atoms with E-state index in [-0.39, 0.29) is 5.41 Å². The summed E-state index contributed by atoms with van der Waals surface area (Å²) in [5.74, 6) is 0. The third kappa shape index (κ3) is 5.13. The SMILES string of the molecule is C=CC1=C(C=C)C2(c3ccccc31)c1ccccc1-c1cc(-c3cc(-c4ccccc4)ccc3N(c3ccc4c(c3)C(C)(C)c3ccccc3-4)c3cccc4oc5ccccc5c34)ccc12. The van der Waals surface area contributed by atoms with E-state index in [0.717, 1.165) is 61.3 Å². The van der Waals surface area contributed by atoms with Crippen molar-refractivity contribution in [3.63, 3.8) is 0 Å². The molecule has 2 heteroatoms. The molecule has 312 valence electrons. The molecule has 1 unspecified atom stereocenters. The maximum absolute atomic E-state index is 6.60. The van der Waals surface area contributed by atoms with Crippen molar-refractivity contribution in [1.82, 2.24) is 0 Å². The smallest absolute Gasteiger partial charge is 0.137 e. The highest BCUT2D eigenvalue weighted by Gasteiger charge is 2.51. The maximum Gasteiger partial charge on any atom is 0.137 e. The van der Waals surface area contributed by atoms with Crippen LogP contribution in [-0.4, -0.2) is 0 Å². The van der Waals surface area contributed by atoms with Gasteiger partial charge in [0.05, 0.1) is 22.2 Å². The van der Waals surface area contributed by atoms with Crippen molar-refractivity contribution in [2.75, 3.05) is 4.90 Å². The summed E-state index contributed by atoms with van der Waals surface area (Å²) in [6.45, 7) is 13.5. The van der Waals surface area contributed by atoms with Gasteiger partial charge in [-0.25, -0.2) is 0 Å². The van der Waals surface area contributed by atoms with Gasteiger partial charge in [-0.2, -0.15) is 0 Å². The Labute approximate surface area is 385 Å². The lowest BCUT2D eigenvalue weighted by Gasteiger charge is -2.32. The van der Waals surface area contributed by atoms with E-state index in [1.165, 1.54) is 66.8 Å². The third-order valence-electron chi connectivity index (χ3n) is 14.9. The molecule has 1 spiro atoms. The Bertz CT molecular complexity index is 3730. The van der Waals surface area contributed by atoms with Gasteiger partial charge in [0.1, 0.15) is 11.2 Å². The number of para-hydroxylation sites is 1. The van der Waals surface area contributed by atoms with Crippen LogP contribution < -0.4 is 4.90 Å². The van der Waals surface area contributed by atoms with Crippen LogP contribution in [0.1, 0.15) is 47.2 Å². The van der Waals surface area contributed by atoms with Gasteiger partial charge in [-0.3, -0.25) is 0 Å². The van der Waals surface area contributed by atoms with E-state index in [9.17, 15) is 0 Å². The summed E-state index contributed by atoms with van der Waals surface area (Å²) in [6, 6.07) is 73.6. The van der Waals surface area contributed by atoms with E-state index in [0.29, 0.717) is 0 Å². The number of hydrogen-bond acceptors (Lipinski definition) is 2. The van der Waals surface area contributed by atoms with Crippen molar-refractivity contribution >= 4 is 44.6 Å². The second-order valence-electron chi connectivity index (χ2n) is 18.4. The number of benzene rings is 9. The molecule has 1 aromatic heterocycles. The zero-order chi connectivity index (χ0) is 44.3. The zero-order valence-corrected chi connectivity index (χ0v) is 37.0. The van der Waals surface area contributed by atoms with Crippen LogP contribution in [0.3, 0.4) is 0 Å². The van der Waals surface area contributed by atoms with Gasteiger partial charge >= 0.3 is 0 Å². The molecular weight excluding hydrogens is 799 g/mol. The van der Waals surface area contributed by atoms with Crippen LogP contribution in [0.25, 0.3) is 72.0 Å². The summed E-state index contributed by atoms with van der Waals surface area (Å²) in [5.41, 5.74) is 23.9. The number of anilines is 3. The predicted molar refractivity (Wildman–Crippen MR) is 276 cm³/mol. The second kappa shape index (κ2) is 14.1. The molecule has 0 aliphatic heterocycles. The fourth-order valence-corrected chi connectivity index (χ4v) is 12.0. The number of allylic oxidation sites excluding steroid dienone is 4. The Kier molecular flexibility index (Phi) is 8.21. The van der Waals surface area contributed by atoms with E-state index < -0.39 is 5.41 Å². The van der Waals surface area contributed by atoms with E-state index in [1.54, 1.807) is 0 Å². The molecule has 66 heavy (non-hydrogen) atoms. The summed E-state index contributed by atoms with van der Waals surface area (Å²) in [7, 11) is 0. The van der Waals surface area contributed by atoms with Crippen molar-refractivity contribution in [3.05, 3.63) is 264 Å². The Morgan fingerprint density at radius 1 is 0.424 bits per heavy atom. The molecule has 1 atom stereocenters. The number of furan rings is 1. The molecule has 3 aliphatic carbocycles. The van der Waals surface area contributed by atoms with Crippen molar-refractivity contribution in [1.29, 1.82) is 0 Å². The van der Waals surface area contributed by atoms with Crippen LogP contribution in [0.2, 0.25) is 0 Å². The molecule has 9 aromatic carbocycles. The first-order valence-electron chi connectivity index (χ1n) is 22.9. The number of hydrogen-bond donors (Lipinski definition) is 0. The highest BCUT2D eigenvalue weighted by atomic mass is 16.3. The van der Waals surface area contributed by atoms with E-state index in [2.05, 4.69) is 238 Å². The lowest BCUT2D eigenvalue weighted by atomic mass is 9.69. The highest BCUT2D eigenvalue weighted by Crippen LogP contribution is 2.63. The lowest BCUT2D eigenvalue weighted by molar-refractivity contribution is 0.660. The predicted octanol–water partition coefficient (Wildman–Crippen LogP) is 17.2. The third-order valence-corrected chi connectivity index (χ3v) is 14.9. The molecule has 0 fully saturated rings. The molecule has 1 heterocycles. The molecule has 3 aliphatic rings. The van der Waals surface area contributed by atoms with Crippen molar-refractivity contribution < 1.29 is 4.42 Å². The Hall–Kier alpha value is -8.20. The van der Waals surface area contributed by atoms with Crippen LogP contribution >= 0.6 is 0 Å². The van der Waals surface area contributed by atoms with Gasteiger partial charge in [0, 0.05) is 22.1 Å². The largest absolute Gasteiger partial charge is 0.456 e. The van der Waals surface area contributed by atoms with Gasteiger partial charge in [0.25, 0.3) is 0 Å². The second-order valence-corrected chi connectivity index (χ2v) is 18.4. The van der Waals surface area contributed by atoms with Crippen LogP contribution in [0.4, 0.5) is 17.1 Å². The van der Waals surface area contributed by atoms with Gasteiger partial charge in [-0.1, -0.05) is 191 Å². The number of nitrogens with zero attached hydrogens (tertiary/aromatic N) is 1. The number of fused-ring (bicyclic) bond motifs is 13. The summed E-state index contributed by atoms with van der Waals surface area (Å²) in [6.07, 6.45) is 4.07. The van der Waals surface area contributed by atoms with Gasteiger partial charge in [0.2, 0.25) is 0 Å². The van der Waals surface area contributed by atoms with Crippen LogP contribution in [0.5, 0.6) is 0 Å². The molecule has 10 aromatic rings. The summed E-state index contributed by atoms with van der Waals surface area (Å²) >= 11 is 0. The van der Waals surface area contributed by atoms with Crippen molar-refractivity contribution in [2.45, 2.75) is 24.7 Å². The van der Waals surface area contributed by atoms with E-state index >= 15 is 0 Å². The molecule has 0 radical (unpaired) electrons. The first-order chi connectivity index (χ1) is 32.4. The Balaban J connectivity index is 1.10. The molecule has 2 nitrogen and oxygen atoms in total. The minimum Gasteiger partial charge on any atom is -0.456 e. The zero-order valence-electron chi connectivity index (χ0n) is 37.0. The number of rotatable bonds is 7.